The van der Waals surface area contributed by atoms with Gasteiger partial charge in [-0.1, -0.05) is 48.5 Å². The zero-order valence-electron chi connectivity index (χ0n) is 19.9. The second kappa shape index (κ2) is 11.6. The summed E-state index contributed by atoms with van der Waals surface area (Å²) in [6.45, 7) is 1.01. The third-order valence-corrected chi connectivity index (χ3v) is 7.51. The Morgan fingerprint density at radius 2 is 1.66 bits per heavy atom. The van der Waals surface area contributed by atoms with E-state index in [9.17, 15) is 14.4 Å². The highest BCUT2D eigenvalue weighted by Gasteiger charge is 2.33. The summed E-state index contributed by atoms with van der Waals surface area (Å²) < 4.78 is 5.59. The van der Waals surface area contributed by atoms with Gasteiger partial charge in [-0.2, -0.15) is 11.8 Å². The molecular formula is C27H32N2O5S. The third kappa shape index (κ3) is 6.17. The fourth-order valence-corrected chi connectivity index (χ4v) is 5.52. The molecule has 2 aliphatic rings. The molecule has 8 heteroatoms. The molecule has 0 bridgehead atoms. The van der Waals surface area contributed by atoms with Gasteiger partial charge in [-0.25, -0.2) is 4.79 Å². The standard InChI is InChI=1S/C27H32N2O5S/c1-35-11-10-29(16-26(31)32)25(30)14-18-12-19(13-18)15-28-27(33)34-17-24-22-8-4-2-6-20(22)21-7-3-5-9-23(21)24/h2-9,18-19,24H,10-17H2,1H3,(H,28,33)(H,31,32). The average molecular weight is 497 g/mol. The smallest absolute Gasteiger partial charge is 0.407 e. The Hall–Kier alpha value is -3.00. The van der Waals surface area contributed by atoms with Gasteiger partial charge in [0, 0.05) is 31.2 Å². The van der Waals surface area contributed by atoms with Crippen LogP contribution in [0.4, 0.5) is 4.79 Å². The summed E-state index contributed by atoms with van der Waals surface area (Å²) in [6, 6.07) is 16.5. The molecule has 0 aliphatic heterocycles. The Kier molecular flexibility index (Phi) is 8.33. The van der Waals surface area contributed by atoms with Gasteiger partial charge in [-0.05, 0) is 53.2 Å². The molecule has 0 spiro atoms. The van der Waals surface area contributed by atoms with E-state index in [4.69, 9.17) is 9.84 Å². The number of amides is 2. The van der Waals surface area contributed by atoms with Gasteiger partial charge in [0.25, 0.3) is 0 Å². The first-order chi connectivity index (χ1) is 17.0. The monoisotopic (exact) mass is 496 g/mol. The number of ether oxygens (including phenoxy) is 1. The number of hydrogen-bond acceptors (Lipinski definition) is 5. The maximum atomic E-state index is 12.5. The molecule has 186 valence electrons. The summed E-state index contributed by atoms with van der Waals surface area (Å²) in [5.74, 6) is 0.214. The van der Waals surface area contributed by atoms with Crippen LogP contribution in [0.1, 0.15) is 36.3 Å². The number of carbonyl (C=O) groups excluding carboxylic acids is 2. The second-order valence-electron chi connectivity index (χ2n) is 9.32. The molecule has 0 saturated heterocycles. The average Bonchev–Trinajstić information content (AvgIpc) is 3.15. The van der Waals surface area contributed by atoms with Crippen LogP contribution in [0.3, 0.4) is 0 Å². The maximum Gasteiger partial charge on any atom is 0.407 e. The van der Waals surface area contributed by atoms with Crippen LogP contribution in [0.2, 0.25) is 0 Å². The van der Waals surface area contributed by atoms with E-state index in [1.165, 1.54) is 27.2 Å². The van der Waals surface area contributed by atoms with E-state index in [1.807, 2.05) is 30.5 Å². The summed E-state index contributed by atoms with van der Waals surface area (Å²) in [7, 11) is 0. The summed E-state index contributed by atoms with van der Waals surface area (Å²) >= 11 is 1.59. The van der Waals surface area contributed by atoms with Gasteiger partial charge in [0.2, 0.25) is 5.91 Å². The molecule has 1 saturated carbocycles. The fourth-order valence-electron chi connectivity index (χ4n) is 5.12. The molecule has 2 aromatic rings. The topological polar surface area (TPSA) is 95.9 Å². The number of alkyl carbamates (subject to hydrolysis) is 1. The number of rotatable bonds is 11. The van der Waals surface area contributed by atoms with E-state index in [2.05, 4.69) is 29.6 Å². The first-order valence-corrected chi connectivity index (χ1v) is 13.4. The molecule has 0 radical (unpaired) electrons. The predicted molar refractivity (Wildman–Crippen MR) is 137 cm³/mol. The number of carbonyl (C=O) groups is 3. The lowest BCUT2D eigenvalue weighted by Gasteiger charge is -2.36. The van der Waals surface area contributed by atoms with Crippen LogP contribution < -0.4 is 5.32 Å². The van der Waals surface area contributed by atoms with Gasteiger partial charge in [-0.3, -0.25) is 9.59 Å². The Balaban J connectivity index is 1.19. The lowest BCUT2D eigenvalue weighted by molar-refractivity contribution is -0.145. The summed E-state index contributed by atoms with van der Waals surface area (Å²) in [4.78, 5) is 37.4. The van der Waals surface area contributed by atoms with Gasteiger partial charge in [0.05, 0.1) is 0 Å². The molecule has 0 atom stereocenters. The first-order valence-electron chi connectivity index (χ1n) is 12.0. The second-order valence-corrected chi connectivity index (χ2v) is 10.3. The highest BCUT2D eigenvalue weighted by Crippen LogP contribution is 2.44. The van der Waals surface area contributed by atoms with Crippen LogP contribution in [-0.4, -0.2) is 66.2 Å². The summed E-state index contributed by atoms with van der Waals surface area (Å²) in [5.41, 5.74) is 4.76. The van der Waals surface area contributed by atoms with Gasteiger partial charge in [0.1, 0.15) is 13.2 Å². The van der Waals surface area contributed by atoms with Crippen LogP contribution in [0.15, 0.2) is 48.5 Å². The zero-order valence-corrected chi connectivity index (χ0v) is 20.8. The molecule has 2 N–H and O–H groups in total. The number of carboxylic acid groups (broad SMARTS) is 1. The van der Waals surface area contributed by atoms with Crippen molar-refractivity contribution in [3.63, 3.8) is 0 Å². The lowest BCUT2D eigenvalue weighted by atomic mass is 9.73. The van der Waals surface area contributed by atoms with Crippen LogP contribution in [0, 0.1) is 11.8 Å². The van der Waals surface area contributed by atoms with Crippen molar-refractivity contribution in [3.05, 3.63) is 59.7 Å². The quantitative estimate of drug-likeness (QED) is 0.484. The number of benzene rings is 2. The van der Waals surface area contributed by atoms with Gasteiger partial charge in [-0.15, -0.1) is 0 Å². The minimum absolute atomic E-state index is 0.0344. The number of carboxylic acids is 1. The van der Waals surface area contributed by atoms with Crippen molar-refractivity contribution in [3.8, 4) is 11.1 Å². The molecule has 0 unspecified atom stereocenters. The Labute approximate surface area is 210 Å². The molecule has 35 heavy (non-hydrogen) atoms. The van der Waals surface area contributed by atoms with Crippen molar-refractivity contribution in [2.24, 2.45) is 11.8 Å². The number of nitrogens with one attached hydrogen (secondary N) is 1. The van der Waals surface area contributed by atoms with Gasteiger partial charge in [0.15, 0.2) is 0 Å². The minimum atomic E-state index is -0.988. The summed E-state index contributed by atoms with van der Waals surface area (Å²) in [6.07, 6.45) is 3.57. The van der Waals surface area contributed by atoms with E-state index in [-0.39, 0.29) is 30.9 Å². The number of nitrogens with zero attached hydrogens (tertiary/aromatic N) is 1. The maximum absolute atomic E-state index is 12.5. The van der Waals surface area contributed by atoms with Gasteiger partial charge >= 0.3 is 12.1 Å². The van der Waals surface area contributed by atoms with Crippen LogP contribution in [-0.2, 0) is 14.3 Å². The van der Waals surface area contributed by atoms with Gasteiger partial charge < -0.3 is 20.1 Å². The molecule has 1 fully saturated rings. The fraction of sp³-hybridized carbons (Fsp3) is 0.444. The molecule has 0 aromatic heterocycles. The number of fused-ring (bicyclic) bond motifs is 3. The normalized spacial score (nSPS) is 18.2. The molecule has 2 amide bonds. The van der Waals surface area contributed by atoms with Crippen molar-refractivity contribution in [1.82, 2.24) is 10.2 Å². The van der Waals surface area contributed by atoms with E-state index in [0.717, 1.165) is 18.6 Å². The van der Waals surface area contributed by atoms with E-state index in [0.29, 0.717) is 25.4 Å². The van der Waals surface area contributed by atoms with Crippen LogP contribution >= 0.6 is 11.8 Å². The molecular weight excluding hydrogens is 464 g/mol. The SMILES string of the molecule is CSCCN(CC(=O)O)C(=O)CC1CC(CNC(=O)OCC2c3ccccc3-c3ccccc32)C1. The van der Waals surface area contributed by atoms with Crippen molar-refractivity contribution >= 4 is 29.7 Å². The molecule has 2 aromatic carbocycles. The van der Waals surface area contributed by atoms with E-state index < -0.39 is 12.1 Å². The largest absolute Gasteiger partial charge is 0.480 e. The number of thioether (sulfide) groups is 1. The number of hydrogen-bond donors (Lipinski definition) is 2. The highest BCUT2D eigenvalue weighted by molar-refractivity contribution is 7.98. The Morgan fingerprint density at radius 3 is 2.26 bits per heavy atom. The molecule has 0 heterocycles. The molecule has 4 rings (SSSR count). The van der Waals surface area contributed by atoms with Crippen molar-refractivity contribution < 1.29 is 24.2 Å². The van der Waals surface area contributed by atoms with E-state index in [1.54, 1.807) is 11.8 Å². The summed E-state index contributed by atoms with van der Waals surface area (Å²) in [5, 5.41) is 11.9. The zero-order chi connectivity index (χ0) is 24.8. The van der Waals surface area contributed by atoms with Crippen molar-refractivity contribution in [2.45, 2.75) is 25.2 Å². The lowest BCUT2D eigenvalue weighted by Crippen LogP contribution is -2.41. The highest BCUT2D eigenvalue weighted by atomic mass is 32.2. The van der Waals surface area contributed by atoms with E-state index >= 15 is 0 Å². The molecule has 2 aliphatic carbocycles. The Bertz CT molecular complexity index is 1020. The minimum Gasteiger partial charge on any atom is -0.480 e. The van der Waals surface area contributed by atoms with Crippen LogP contribution in [0.5, 0.6) is 0 Å². The van der Waals surface area contributed by atoms with Crippen LogP contribution in [0.25, 0.3) is 11.1 Å². The number of aliphatic carboxylic acids is 1. The Morgan fingerprint density at radius 1 is 1.03 bits per heavy atom. The first kappa shape index (κ1) is 25.1. The van der Waals surface area contributed by atoms with Crippen molar-refractivity contribution in [1.29, 1.82) is 0 Å². The van der Waals surface area contributed by atoms with Crippen molar-refractivity contribution in [2.75, 3.05) is 38.2 Å². The molecule has 7 nitrogen and oxygen atoms in total. The predicted octanol–water partition coefficient (Wildman–Crippen LogP) is 4.22. The third-order valence-electron chi connectivity index (χ3n) is 6.92.